The van der Waals surface area contributed by atoms with Gasteiger partial charge in [-0.2, -0.15) is 0 Å². The predicted molar refractivity (Wildman–Crippen MR) is 54.8 cm³/mol. The molecule has 0 aliphatic heterocycles. The summed E-state index contributed by atoms with van der Waals surface area (Å²) in [6, 6.07) is 3.86. The van der Waals surface area contributed by atoms with E-state index in [1.54, 1.807) is 0 Å². The van der Waals surface area contributed by atoms with E-state index in [-0.39, 0.29) is 0 Å². The van der Waals surface area contributed by atoms with E-state index in [1.165, 1.54) is 0 Å². The monoisotopic (exact) mass is 191 g/mol. The second-order valence-corrected chi connectivity index (χ2v) is 3.37. The zero-order chi connectivity index (χ0) is 10.3. The molecule has 2 heterocycles. The molecule has 74 valence electrons. The van der Waals surface area contributed by atoms with E-state index in [2.05, 4.69) is 4.98 Å². The van der Waals surface area contributed by atoms with Gasteiger partial charge in [0.1, 0.15) is 11.5 Å². The number of nitrogens with two attached hydrogens (primary N) is 1. The molecule has 0 saturated heterocycles. The Morgan fingerprint density at radius 2 is 2.07 bits per heavy atom. The summed E-state index contributed by atoms with van der Waals surface area (Å²) in [5, 5.41) is 0. The fraction of sp³-hybridized carbons (Fsp3) is 0.300. The van der Waals surface area contributed by atoms with Crippen LogP contribution in [-0.2, 0) is 7.05 Å². The van der Waals surface area contributed by atoms with Crippen LogP contribution in [0.2, 0.25) is 0 Å². The number of rotatable bonds is 1. The second kappa shape index (κ2) is 2.90. The van der Waals surface area contributed by atoms with Crippen LogP contribution in [0.4, 0.5) is 5.95 Å². The van der Waals surface area contributed by atoms with E-state index in [4.69, 9.17) is 10.2 Å². The van der Waals surface area contributed by atoms with Crippen molar-refractivity contribution in [1.82, 2.24) is 9.55 Å². The number of nitrogen functional groups attached to an aromatic ring is 1. The fourth-order valence-electron chi connectivity index (χ4n) is 1.56. The lowest BCUT2D eigenvalue weighted by Crippen LogP contribution is -1.98. The van der Waals surface area contributed by atoms with Crippen molar-refractivity contribution in [2.75, 3.05) is 5.73 Å². The van der Waals surface area contributed by atoms with Crippen LogP contribution in [0.5, 0.6) is 0 Å². The van der Waals surface area contributed by atoms with Gasteiger partial charge in [0.2, 0.25) is 5.95 Å². The molecule has 2 N–H and O–H groups in total. The molecule has 0 aliphatic carbocycles. The van der Waals surface area contributed by atoms with Crippen LogP contribution in [0.15, 0.2) is 16.5 Å². The molecule has 0 amide bonds. The lowest BCUT2D eigenvalue weighted by molar-refractivity contribution is 0.543. The van der Waals surface area contributed by atoms with Crippen molar-refractivity contribution in [3.63, 3.8) is 0 Å². The van der Waals surface area contributed by atoms with Gasteiger partial charge < -0.3 is 14.7 Å². The molecule has 4 heteroatoms. The van der Waals surface area contributed by atoms with Crippen molar-refractivity contribution in [2.45, 2.75) is 13.8 Å². The van der Waals surface area contributed by atoms with Crippen LogP contribution in [0, 0.1) is 13.8 Å². The van der Waals surface area contributed by atoms with Gasteiger partial charge in [-0.3, -0.25) is 0 Å². The van der Waals surface area contributed by atoms with Gasteiger partial charge in [0.25, 0.3) is 0 Å². The summed E-state index contributed by atoms with van der Waals surface area (Å²) in [7, 11) is 1.88. The van der Waals surface area contributed by atoms with Gasteiger partial charge in [-0.1, -0.05) is 0 Å². The normalized spacial score (nSPS) is 10.8. The van der Waals surface area contributed by atoms with Gasteiger partial charge >= 0.3 is 0 Å². The molecule has 0 aliphatic rings. The number of nitrogens with zero attached hydrogens (tertiary/aromatic N) is 2. The molecule has 2 rings (SSSR count). The Labute approximate surface area is 82.4 Å². The van der Waals surface area contributed by atoms with Crippen molar-refractivity contribution in [1.29, 1.82) is 0 Å². The molecule has 0 spiro atoms. The largest absolute Gasteiger partial charge is 0.460 e. The lowest BCUT2D eigenvalue weighted by atomic mass is 10.3. The first kappa shape index (κ1) is 8.87. The summed E-state index contributed by atoms with van der Waals surface area (Å²) < 4.78 is 7.36. The smallest absolute Gasteiger partial charge is 0.200 e. The summed E-state index contributed by atoms with van der Waals surface area (Å²) in [5.74, 6) is 2.21. The third-order valence-electron chi connectivity index (χ3n) is 2.28. The van der Waals surface area contributed by atoms with Crippen molar-refractivity contribution in [3.8, 4) is 11.5 Å². The zero-order valence-electron chi connectivity index (χ0n) is 8.53. The van der Waals surface area contributed by atoms with Crippen molar-refractivity contribution in [3.05, 3.63) is 23.6 Å². The molecule has 14 heavy (non-hydrogen) atoms. The molecule has 0 aromatic carbocycles. The first-order valence-corrected chi connectivity index (χ1v) is 4.45. The Morgan fingerprint density at radius 3 is 2.50 bits per heavy atom. The molecule has 0 bridgehead atoms. The van der Waals surface area contributed by atoms with Crippen LogP contribution in [0.25, 0.3) is 11.5 Å². The second-order valence-electron chi connectivity index (χ2n) is 3.37. The summed E-state index contributed by atoms with van der Waals surface area (Å²) >= 11 is 0. The van der Waals surface area contributed by atoms with E-state index >= 15 is 0 Å². The molecule has 0 saturated carbocycles. The minimum atomic E-state index is 0.506. The number of aromatic nitrogens is 2. The van der Waals surface area contributed by atoms with Gasteiger partial charge in [-0.15, -0.1) is 0 Å². The maximum atomic E-state index is 5.70. The third kappa shape index (κ3) is 1.19. The summed E-state index contributed by atoms with van der Waals surface area (Å²) in [4.78, 5) is 4.18. The molecule has 0 unspecified atom stereocenters. The SMILES string of the molecule is Cc1ccc(-c2c(C)nc(N)n2C)o1. The average Bonchev–Trinajstić information content (AvgIpc) is 2.60. The zero-order valence-corrected chi connectivity index (χ0v) is 8.53. The minimum absolute atomic E-state index is 0.506. The minimum Gasteiger partial charge on any atom is -0.460 e. The van der Waals surface area contributed by atoms with E-state index < -0.39 is 0 Å². The molecule has 0 radical (unpaired) electrons. The summed E-state index contributed by atoms with van der Waals surface area (Å²) in [6.07, 6.45) is 0. The van der Waals surface area contributed by atoms with Crippen LogP contribution in [0.1, 0.15) is 11.5 Å². The van der Waals surface area contributed by atoms with Gasteiger partial charge in [0.05, 0.1) is 5.69 Å². The molecular formula is C10H13N3O. The molecule has 2 aromatic rings. The summed E-state index contributed by atoms with van der Waals surface area (Å²) in [6.45, 7) is 3.84. The highest BCUT2D eigenvalue weighted by atomic mass is 16.3. The highest BCUT2D eigenvalue weighted by molar-refractivity contribution is 5.59. The number of aryl methyl sites for hydroxylation is 2. The van der Waals surface area contributed by atoms with Crippen LogP contribution in [-0.4, -0.2) is 9.55 Å². The van der Waals surface area contributed by atoms with Gasteiger partial charge in [0, 0.05) is 7.05 Å². The number of hydrogen-bond donors (Lipinski definition) is 1. The number of imidazole rings is 1. The van der Waals surface area contributed by atoms with Gasteiger partial charge in [0.15, 0.2) is 5.76 Å². The lowest BCUT2D eigenvalue weighted by Gasteiger charge is -2.00. The highest BCUT2D eigenvalue weighted by Crippen LogP contribution is 2.26. The molecule has 2 aromatic heterocycles. The van der Waals surface area contributed by atoms with Crippen molar-refractivity contribution >= 4 is 5.95 Å². The van der Waals surface area contributed by atoms with Crippen LogP contribution in [0.3, 0.4) is 0 Å². The Kier molecular flexibility index (Phi) is 1.84. The topological polar surface area (TPSA) is 57.0 Å². The maximum Gasteiger partial charge on any atom is 0.200 e. The van der Waals surface area contributed by atoms with E-state index in [0.29, 0.717) is 5.95 Å². The first-order valence-electron chi connectivity index (χ1n) is 4.45. The predicted octanol–water partition coefficient (Wildman–Crippen LogP) is 1.88. The van der Waals surface area contributed by atoms with Crippen molar-refractivity contribution in [2.24, 2.45) is 7.05 Å². The van der Waals surface area contributed by atoms with E-state index in [9.17, 15) is 0 Å². The highest BCUT2D eigenvalue weighted by Gasteiger charge is 2.13. The number of furan rings is 1. The fourth-order valence-corrected chi connectivity index (χ4v) is 1.56. The van der Waals surface area contributed by atoms with Crippen LogP contribution >= 0.6 is 0 Å². The maximum absolute atomic E-state index is 5.70. The molecule has 0 fully saturated rings. The Morgan fingerprint density at radius 1 is 1.36 bits per heavy atom. The van der Waals surface area contributed by atoms with E-state index in [0.717, 1.165) is 22.9 Å². The number of hydrogen-bond acceptors (Lipinski definition) is 3. The quantitative estimate of drug-likeness (QED) is 0.748. The molecule has 0 atom stereocenters. The van der Waals surface area contributed by atoms with Gasteiger partial charge in [-0.25, -0.2) is 4.98 Å². The Bertz CT molecular complexity index is 468. The average molecular weight is 191 g/mol. The third-order valence-corrected chi connectivity index (χ3v) is 2.28. The molecular weight excluding hydrogens is 178 g/mol. The van der Waals surface area contributed by atoms with E-state index in [1.807, 2.05) is 37.6 Å². The van der Waals surface area contributed by atoms with Crippen molar-refractivity contribution < 1.29 is 4.42 Å². The van der Waals surface area contributed by atoms with Gasteiger partial charge in [-0.05, 0) is 26.0 Å². The summed E-state index contributed by atoms with van der Waals surface area (Å²) in [5.41, 5.74) is 7.52. The molecule has 4 nitrogen and oxygen atoms in total. The number of anilines is 1. The standard InChI is InChI=1S/C10H13N3O/c1-6-4-5-8(14-6)9-7(2)12-10(11)13(9)3/h4-5H,1-3H3,(H2,11,12). The Balaban J connectivity index is 2.61. The Hall–Kier alpha value is -1.71. The van der Waals surface area contributed by atoms with Crippen LogP contribution < -0.4 is 5.73 Å². The first-order chi connectivity index (χ1) is 6.59.